The zero-order valence-corrected chi connectivity index (χ0v) is 30.4. The number of piperidine rings is 1. The van der Waals surface area contributed by atoms with Crippen LogP contribution in [0.4, 0.5) is 42.8 Å². The van der Waals surface area contributed by atoms with E-state index in [0.717, 1.165) is 17.7 Å². The predicted molar refractivity (Wildman–Crippen MR) is 190 cm³/mol. The number of carbonyl (C=O) groups excluding carboxylic acids is 1. The number of alkyl halides is 6. The number of carboxylic acids is 1. The van der Waals surface area contributed by atoms with Crippen LogP contribution in [0.3, 0.4) is 0 Å². The average Bonchev–Trinajstić information content (AvgIpc) is 3.17. The molecule has 1 aliphatic carbocycles. The van der Waals surface area contributed by atoms with E-state index in [1.807, 2.05) is 42.2 Å². The zero-order chi connectivity index (χ0) is 39.3. The van der Waals surface area contributed by atoms with Gasteiger partial charge in [-0.25, -0.2) is 14.8 Å². The summed E-state index contributed by atoms with van der Waals surface area (Å²) in [6, 6.07) is 9.64. The second-order valence-electron chi connectivity index (χ2n) is 14.5. The molecule has 298 valence electrons. The smallest absolute Gasteiger partial charge is 0.416 e. The first-order chi connectivity index (χ1) is 26.2. The highest BCUT2D eigenvalue weighted by Crippen LogP contribution is 2.39. The topological polar surface area (TPSA) is 108 Å². The van der Waals surface area contributed by atoms with Crippen molar-refractivity contribution in [1.29, 1.82) is 0 Å². The summed E-state index contributed by atoms with van der Waals surface area (Å²) in [6.07, 6.45) is -4.74. The number of aromatic nitrogens is 2. The number of nitrogens with zero attached hydrogens (tertiary/aromatic N) is 5. The third-order valence-electron chi connectivity index (χ3n) is 10.9. The molecule has 16 heteroatoms. The van der Waals surface area contributed by atoms with E-state index in [1.54, 1.807) is 22.2 Å². The molecular weight excluding hydrogens is 732 g/mol. The minimum Gasteiger partial charge on any atom is -0.481 e. The van der Waals surface area contributed by atoms with Gasteiger partial charge in [-0.15, -0.1) is 0 Å². The van der Waals surface area contributed by atoms with Gasteiger partial charge >= 0.3 is 24.4 Å². The minimum absolute atomic E-state index is 0.114. The Balaban J connectivity index is 1.35. The number of anilines is 2. The zero-order valence-electron chi connectivity index (χ0n) is 30.4. The van der Waals surface area contributed by atoms with E-state index >= 15 is 0 Å². The van der Waals surface area contributed by atoms with Crippen LogP contribution in [0.5, 0.6) is 0 Å². The molecule has 55 heavy (non-hydrogen) atoms. The van der Waals surface area contributed by atoms with Crippen LogP contribution in [0.15, 0.2) is 60.9 Å². The van der Waals surface area contributed by atoms with E-state index in [1.165, 1.54) is 0 Å². The molecule has 2 aliphatic heterocycles. The summed E-state index contributed by atoms with van der Waals surface area (Å²) in [6.45, 7) is 3.77. The van der Waals surface area contributed by atoms with Crippen LogP contribution in [0, 0.1) is 5.92 Å². The van der Waals surface area contributed by atoms with Crippen molar-refractivity contribution in [2.24, 2.45) is 5.92 Å². The van der Waals surface area contributed by atoms with E-state index in [9.17, 15) is 41.0 Å². The van der Waals surface area contributed by atoms with Crippen LogP contribution in [-0.2, 0) is 39.6 Å². The van der Waals surface area contributed by atoms with Crippen molar-refractivity contribution >= 4 is 23.7 Å². The molecule has 1 saturated carbocycles. The lowest BCUT2D eigenvalue weighted by Gasteiger charge is -2.48. The summed E-state index contributed by atoms with van der Waals surface area (Å²) < 4.78 is 95.3. The number of hydrogen-bond acceptors (Lipinski definition) is 8. The quantitative estimate of drug-likeness (QED) is 0.205. The van der Waals surface area contributed by atoms with Crippen molar-refractivity contribution in [3.8, 4) is 0 Å². The van der Waals surface area contributed by atoms with Gasteiger partial charge in [0.1, 0.15) is 6.10 Å². The number of halogens is 6. The number of hydrogen-bond donors (Lipinski definition) is 1. The molecule has 1 N–H and O–H groups in total. The van der Waals surface area contributed by atoms with Crippen LogP contribution in [-0.4, -0.2) is 82.6 Å². The fourth-order valence-electron chi connectivity index (χ4n) is 7.98. The van der Waals surface area contributed by atoms with Crippen LogP contribution >= 0.6 is 0 Å². The van der Waals surface area contributed by atoms with E-state index in [2.05, 4.69) is 9.97 Å². The Labute approximate surface area is 315 Å². The van der Waals surface area contributed by atoms with E-state index in [-0.39, 0.29) is 30.5 Å². The van der Waals surface area contributed by atoms with E-state index in [0.29, 0.717) is 76.9 Å². The highest BCUT2D eigenvalue weighted by atomic mass is 19.4. The summed E-state index contributed by atoms with van der Waals surface area (Å²) in [5.74, 6) is -1.22. The summed E-state index contributed by atoms with van der Waals surface area (Å²) in [7, 11) is 0. The molecule has 0 unspecified atom stereocenters. The summed E-state index contributed by atoms with van der Waals surface area (Å²) in [5, 5.41) is 9.43. The monoisotopic (exact) mass is 777 g/mol. The molecule has 3 aromatic rings. The lowest BCUT2D eigenvalue weighted by Crippen LogP contribution is -2.58. The first-order valence-corrected chi connectivity index (χ1v) is 18.6. The van der Waals surface area contributed by atoms with E-state index in [4.69, 9.17) is 9.47 Å². The van der Waals surface area contributed by atoms with Gasteiger partial charge in [0.15, 0.2) is 0 Å². The fourth-order valence-corrected chi connectivity index (χ4v) is 7.98. The molecule has 2 saturated heterocycles. The van der Waals surface area contributed by atoms with Crippen molar-refractivity contribution in [3.63, 3.8) is 0 Å². The summed E-state index contributed by atoms with van der Waals surface area (Å²) in [5.41, 5.74) is -1.41. The van der Waals surface area contributed by atoms with Gasteiger partial charge in [-0.1, -0.05) is 37.3 Å². The van der Waals surface area contributed by atoms with Crippen molar-refractivity contribution in [2.45, 2.75) is 101 Å². The molecular formula is C39H45F6N5O5. The Hall–Kier alpha value is -4.60. The second kappa shape index (κ2) is 17.0. The molecule has 1 amide bonds. The van der Waals surface area contributed by atoms with Crippen LogP contribution in [0.2, 0.25) is 0 Å². The van der Waals surface area contributed by atoms with Gasteiger partial charge in [-0.05, 0) is 80.7 Å². The van der Waals surface area contributed by atoms with Crippen LogP contribution < -0.4 is 9.80 Å². The van der Waals surface area contributed by atoms with Crippen LogP contribution in [0.25, 0.3) is 0 Å². The molecule has 10 nitrogen and oxygen atoms in total. The van der Waals surface area contributed by atoms with Gasteiger partial charge in [-0.3, -0.25) is 4.79 Å². The number of carboxylic acid groups (broad SMARTS) is 1. The number of ether oxygens (including phenoxy) is 2. The highest BCUT2D eigenvalue weighted by Gasteiger charge is 2.43. The van der Waals surface area contributed by atoms with Gasteiger partial charge in [0, 0.05) is 37.8 Å². The standard InChI is InChI=1S/C39H45F6N5O5/c1-2-30-20-31(21-32(18-25-6-4-3-5-7-25)50(30)37(53)55-34-10-8-27(9-11-34)35(51)52)49(36-46-22-33(23-47-36)48-12-14-54-15-13-48)24-26-16-28(38(40,41)42)19-29(17-26)39(43,44)45/h3-7,16-17,19,22-23,27,30-32,34H,2,8-15,18,20-21,24H2,1H3,(H,51,52)/t27?,30-,31+,32+,34?/m1/s1. The number of rotatable bonds is 10. The largest absolute Gasteiger partial charge is 0.481 e. The Morgan fingerprint density at radius 2 is 1.47 bits per heavy atom. The van der Waals surface area contributed by atoms with E-state index < -0.39 is 65.7 Å². The van der Waals surface area contributed by atoms with Crippen molar-refractivity contribution < 1.29 is 50.5 Å². The Bertz CT molecular complexity index is 1720. The van der Waals surface area contributed by atoms with Gasteiger partial charge in [0.25, 0.3) is 0 Å². The molecule has 1 aromatic heterocycles. The second-order valence-corrected chi connectivity index (χ2v) is 14.5. The SMILES string of the molecule is CC[C@@H]1C[C@H](N(Cc2cc(C(F)(F)F)cc(C(F)(F)F)c2)c2ncc(N3CCOCC3)cn2)C[C@H](Cc2ccccc2)N1C(=O)OC1CCC(C(=O)O)CC1. The molecule has 2 aromatic carbocycles. The average molecular weight is 778 g/mol. The van der Waals surface area contributed by atoms with Crippen molar-refractivity contribution in [1.82, 2.24) is 14.9 Å². The molecule has 3 heterocycles. The predicted octanol–water partition coefficient (Wildman–Crippen LogP) is 7.99. The van der Waals surface area contributed by atoms with Crippen LogP contribution in [0.1, 0.15) is 74.1 Å². The summed E-state index contributed by atoms with van der Waals surface area (Å²) >= 11 is 0. The minimum atomic E-state index is -5.02. The molecule has 0 spiro atoms. The highest BCUT2D eigenvalue weighted by molar-refractivity contribution is 5.70. The first kappa shape index (κ1) is 40.1. The Kier molecular flexibility index (Phi) is 12.4. The van der Waals surface area contributed by atoms with Gasteiger partial charge < -0.3 is 29.3 Å². The fraction of sp³-hybridized carbons (Fsp3) is 0.538. The molecule has 0 radical (unpaired) electrons. The van der Waals surface area contributed by atoms with Gasteiger partial charge in [-0.2, -0.15) is 26.3 Å². The Morgan fingerprint density at radius 1 is 0.873 bits per heavy atom. The third-order valence-corrected chi connectivity index (χ3v) is 10.9. The number of likely N-dealkylation sites (tertiary alicyclic amines) is 1. The van der Waals surface area contributed by atoms with Crippen molar-refractivity contribution in [3.05, 3.63) is 83.2 Å². The third kappa shape index (κ3) is 9.99. The van der Waals surface area contributed by atoms with Crippen molar-refractivity contribution in [2.75, 3.05) is 36.1 Å². The maximum atomic E-state index is 14.1. The van der Waals surface area contributed by atoms with Gasteiger partial charge in [0.2, 0.25) is 5.95 Å². The van der Waals surface area contributed by atoms with Gasteiger partial charge in [0.05, 0.1) is 48.3 Å². The first-order valence-electron chi connectivity index (χ1n) is 18.6. The normalized spacial score (nSPS) is 23.7. The maximum absolute atomic E-state index is 14.1. The molecule has 0 bridgehead atoms. The number of morpholine rings is 1. The number of carbonyl (C=O) groups is 2. The number of amides is 1. The number of aliphatic carboxylic acids is 1. The molecule has 3 fully saturated rings. The lowest BCUT2D eigenvalue weighted by atomic mass is 9.86. The summed E-state index contributed by atoms with van der Waals surface area (Å²) in [4.78, 5) is 40.2. The maximum Gasteiger partial charge on any atom is 0.416 e. The molecule has 6 rings (SSSR count). The Morgan fingerprint density at radius 3 is 2.04 bits per heavy atom. The lowest BCUT2D eigenvalue weighted by molar-refractivity contribution is -0.144. The molecule has 3 aliphatic rings. The number of benzene rings is 2. The molecule has 3 atom stereocenters.